The van der Waals surface area contributed by atoms with E-state index in [1.54, 1.807) is 31.2 Å². The number of hydrogen-bond acceptors (Lipinski definition) is 7. The Balaban J connectivity index is 1.81. The van der Waals surface area contributed by atoms with Crippen LogP contribution in [0.3, 0.4) is 0 Å². The van der Waals surface area contributed by atoms with Gasteiger partial charge in [0.2, 0.25) is 5.91 Å². The number of nitrogens with one attached hydrogen (secondary N) is 3. The summed E-state index contributed by atoms with van der Waals surface area (Å²) < 4.78 is 4.91. The minimum atomic E-state index is -0.433. The fourth-order valence-corrected chi connectivity index (χ4v) is 2.29. The van der Waals surface area contributed by atoms with Crippen LogP contribution in [0.15, 0.2) is 34.9 Å². The number of nitrogens with zero attached hydrogens (tertiary/aromatic N) is 2. The number of rotatable bonds is 9. The van der Waals surface area contributed by atoms with Crippen molar-refractivity contribution >= 4 is 23.1 Å². The summed E-state index contributed by atoms with van der Waals surface area (Å²) in [7, 11) is 0. The molecule has 0 saturated heterocycles. The van der Waals surface area contributed by atoms with E-state index in [0.29, 0.717) is 36.8 Å². The maximum Gasteiger partial charge on any atom is 0.292 e. The molecule has 9 nitrogen and oxygen atoms in total. The zero-order valence-electron chi connectivity index (χ0n) is 14.1. The third-order valence-electron chi connectivity index (χ3n) is 3.54. The van der Waals surface area contributed by atoms with Crippen LogP contribution in [-0.4, -0.2) is 35.1 Å². The minimum Gasteiger partial charge on any atom is -0.378 e. The zero-order valence-corrected chi connectivity index (χ0v) is 14.1. The van der Waals surface area contributed by atoms with Gasteiger partial charge in [0.15, 0.2) is 5.82 Å². The summed E-state index contributed by atoms with van der Waals surface area (Å²) in [6, 6.07) is 7.67. The Morgan fingerprint density at radius 3 is 2.76 bits per heavy atom. The van der Waals surface area contributed by atoms with E-state index in [1.165, 1.54) is 6.07 Å². The second-order valence-electron chi connectivity index (χ2n) is 5.43. The molecule has 1 unspecified atom stereocenters. The molecule has 0 bridgehead atoms. The summed E-state index contributed by atoms with van der Waals surface area (Å²) in [4.78, 5) is 22.7. The summed E-state index contributed by atoms with van der Waals surface area (Å²) >= 11 is 0. The topological polar surface area (TPSA) is 122 Å². The van der Waals surface area contributed by atoms with Crippen molar-refractivity contribution in [3.05, 3.63) is 46.2 Å². The third-order valence-corrected chi connectivity index (χ3v) is 3.54. The number of hydrogen-bond donors (Lipinski definition) is 3. The maximum atomic E-state index is 12.2. The Morgan fingerprint density at radius 1 is 1.36 bits per heavy atom. The van der Waals surface area contributed by atoms with Crippen LogP contribution in [0.25, 0.3) is 0 Å². The predicted molar refractivity (Wildman–Crippen MR) is 93.5 cm³/mol. The SMILES string of the molecule is CCC(NCCNc1ccccc1[N+](=O)[O-])C(=O)Nc1cc(C)on1. The molecule has 0 aliphatic heterocycles. The second kappa shape index (κ2) is 8.78. The molecule has 2 rings (SSSR count). The van der Waals surface area contributed by atoms with Crippen LogP contribution in [-0.2, 0) is 4.79 Å². The Bertz CT molecular complexity index is 731. The van der Waals surface area contributed by atoms with Crippen LogP contribution in [0.4, 0.5) is 17.2 Å². The standard InChI is InChI=1S/C16H21N5O4/c1-3-12(16(22)19-15-10-11(2)25-20-15)17-8-9-18-13-6-4-5-7-14(13)21(23)24/h4-7,10,12,17-18H,3,8-9H2,1-2H3,(H,19,20,22). The number of anilines is 2. The first kappa shape index (κ1) is 18.4. The van der Waals surface area contributed by atoms with Gasteiger partial charge in [-0.25, -0.2) is 0 Å². The number of nitro benzene ring substituents is 1. The van der Waals surface area contributed by atoms with Crippen molar-refractivity contribution < 1.29 is 14.2 Å². The smallest absolute Gasteiger partial charge is 0.292 e. The van der Waals surface area contributed by atoms with Crippen molar-refractivity contribution in [1.82, 2.24) is 10.5 Å². The lowest BCUT2D eigenvalue weighted by molar-refractivity contribution is -0.384. The van der Waals surface area contributed by atoms with Crippen LogP contribution < -0.4 is 16.0 Å². The fraction of sp³-hybridized carbons (Fsp3) is 0.375. The monoisotopic (exact) mass is 347 g/mol. The van der Waals surface area contributed by atoms with E-state index >= 15 is 0 Å². The van der Waals surface area contributed by atoms with Crippen LogP contribution in [0.2, 0.25) is 0 Å². The zero-order chi connectivity index (χ0) is 18.2. The summed E-state index contributed by atoms with van der Waals surface area (Å²) in [6.07, 6.45) is 0.591. The van der Waals surface area contributed by atoms with Gasteiger partial charge >= 0.3 is 0 Å². The lowest BCUT2D eigenvalue weighted by atomic mass is 10.2. The highest BCUT2D eigenvalue weighted by atomic mass is 16.6. The number of para-hydroxylation sites is 2. The van der Waals surface area contributed by atoms with Gasteiger partial charge in [-0.15, -0.1) is 0 Å². The molecule has 0 aliphatic carbocycles. The number of carbonyl (C=O) groups excluding carboxylic acids is 1. The lowest BCUT2D eigenvalue weighted by Crippen LogP contribution is -2.42. The van der Waals surface area contributed by atoms with E-state index in [2.05, 4.69) is 21.1 Å². The Morgan fingerprint density at radius 2 is 2.12 bits per heavy atom. The summed E-state index contributed by atoms with van der Waals surface area (Å²) in [5, 5.41) is 23.5. The lowest BCUT2D eigenvalue weighted by Gasteiger charge is -2.16. The van der Waals surface area contributed by atoms with Gasteiger partial charge in [-0.2, -0.15) is 0 Å². The number of benzene rings is 1. The Kier molecular flexibility index (Phi) is 6.47. The molecule has 0 radical (unpaired) electrons. The highest BCUT2D eigenvalue weighted by molar-refractivity contribution is 5.93. The average molecular weight is 347 g/mol. The van der Waals surface area contributed by atoms with Crippen LogP contribution in [0.5, 0.6) is 0 Å². The summed E-state index contributed by atoms with van der Waals surface area (Å²) in [5.41, 5.74) is 0.471. The van der Waals surface area contributed by atoms with Gasteiger partial charge in [0, 0.05) is 25.2 Å². The molecule has 25 heavy (non-hydrogen) atoms. The molecule has 0 spiro atoms. The number of amides is 1. The molecule has 1 aromatic carbocycles. The van der Waals surface area contributed by atoms with E-state index in [4.69, 9.17) is 4.52 Å². The molecule has 0 aliphatic rings. The van der Waals surface area contributed by atoms with Crippen molar-refractivity contribution in [3.8, 4) is 0 Å². The number of aromatic nitrogens is 1. The largest absolute Gasteiger partial charge is 0.378 e. The molecule has 134 valence electrons. The van der Waals surface area contributed by atoms with E-state index in [0.717, 1.165) is 0 Å². The molecular formula is C16H21N5O4. The highest BCUT2D eigenvalue weighted by Crippen LogP contribution is 2.22. The Labute approximate surface area is 144 Å². The molecule has 3 N–H and O–H groups in total. The first-order chi connectivity index (χ1) is 12.0. The molecule has 1 aromatic heterocycles. The van der Waals surface area contributed by atoms with E-state index in [1.807, 2.05) is 6.92 Å². The van der Waals surface area contributed by atoms with Crippen molar-refractivity contribution in [2.45, 2.75) is 26.3 Å². The normalized spacial score (nSPS) is 11.8. The maximum absolute atomic E-state index is 12.2. The van der Waals surface area contributed by atoms with Crippen molar-refractivity contribution in [2.75, 3.05) is 23.7 Å². The minimum absolute atomic E-state index is 0.0219. The first-order valence-corrected chi connectivity index (χ1v) is 7.96. The van der Waals surface area contributed by atoms with E-state index < -0.39 is 11.0 Å². The fourth-order valence-electron chi connectivity index (χ4n) is 2.29. The van der Waals surface area contributed by atoms with Gasteiger partial charge in [0.25, 0.3) is 5.69 Å². The molecule has 9 heteroatoms. The average Bonchev–Trinajstić information content (AvgIpc) is 2.99. The predicted octanol–water partition coefficient (Wildman–Crippen LogP) is 2.31. The molecule has 0 saturated carbocycles. The number of aryl methyl sites for hydroxylation is 1. The van der Waals surface area contributed by atoms with Gasteiger partial charge in [-0.1, -0.05) is 24.2 Å². The molecule has 0 fully saturated rings. The summed E-state index contributed by atoms with van der Waals surface area (Å²) in [5.74, 6) is 0.784. The van der Waals surface area contributed by atoms with Gasteiger partial charge in [-0.05, 0) is 19.4 Å². The van der Waals surface area contributed by atoms with Gasteiger partial charge in [0.1, 0.15) is 11.4 Å². The third kappa shape index (κ3) is 5.28. The van der Waals surface area contributed by atoms with E-state index in [-0.39, 0.29) is 11.6 Å². The quantitative estimate of drug-likeness (QED) is 0.361. The summed E-state index contributed by atoms with van der Waals surface area (Å²) in [6.45, 7) is 4.54. The molecular weight excluding hydrogens is 326 g/mol. The Hall–Kier alpha value is -2.94. The van der Waals surface area contributed by atoms with Gasteiger partial charge in [-0.3, -0.25) is 14.9 Å². The number of nitro groups is 1. The molecule has 1 amide bonds. The molecule has 1 heterocycles. The molecule has 1 atom stereocenters. The van der Waals surface area contributed by atoms with Crippen LogP contribution in [0, 0.1) is 17.0 Å². The van der Waals surface area contributed by atoms with Gasteiger partial charge < -0.3 is 20.5 Å². The van der Waals surface area contributed by atoms with Crippen molar-refractivity contribution in [3.63, 3.8) is 0 Å². The van der Waals surface area contributed by atoms with Crippen LogP contribution >= 0.6 is 0 Å². The first-order valence-electron chi connectivity index (χ1n) is 7.96. The van der Waals surface area contributed by atoms with E-state index in [9.17, 15) is 14.9 Å². The van der Waals surface area contributed by atoms with Crippen molar-refractivity contribution in [1.29, 1.82) is 0 Å². The van der Waals surface area contributed by atoms with Gasteiger partial charge in [0.05, 0.1) is 11.0 Å². The number of carbonyl (C=O) groups is 1. The second-order valence-corrected chi connectivity index (χ2v) is 5.43. The molecule has 2 aromatic rings. The highest BCUT2D eigenvalue weighted by Gasteiger charge is 2.17. The van der Waals surface area contributed by atoms with Crippen LogP contribution in [0.1, 0.15) is 19.1 Å². The van der Waals surface area contributed by atoms with Crippen molar-refractivity contribution in [2.24, 2.45) is 0 Å².